The second-order valence-electron chi connectivity index (χ2n) is 6.28. The van der Waals surface area contributed by atoms with Crippen molar-refractivity contribution in [2.24, 2.45) is 5.41 Å². The van der Waals surface area contributed by atoms with Gasteiger partial charge in [-0.25, -0.2) is 0 Å². The van der Waals surface area contributed by atoms with Gasteiger partial charge in [0.25, 0.3) is 0 Å². The van der Waals surface area contributed by atoms with E-state index in [0.717, 1.165) is 31.7 Å². The van der Waals surface area contributed by atoms with Crippen LogP contribution in [0.4, 0.5) is 8.78 Å². The topological polar surface area (TPSA) is 44.7 Å². The molecule has 22 heavy (non-hydrogen) atoms. The lowest BCUT2D eigenvalue weighted by Gasteiger charge is -2.43. The number of nitrogens with zero attached hydrogens (tertiary/aromatic N) is 1. The van der Waals surface area contributed by atoms with Crippen LogP contribution in [-0.2, 0) is 0 Å². The number of aliphatic hydroxyl groups is 1. The number of halogens is 2. The molecule has 0 aliphatic carbocycles. The van der Waals surface area contributed by atoms with E-state index in [-0.39, 0.29) is 23.8 Å². The number of alkyl halides is 2. The van der Waals surface area contributed by atoms with Crippen LogP contribution in [0.1, 0.15) is 25.5 Å². The first-order valence-corrected chi connectivity index (χ1v) is 7.54. The molecule has 1 aromatic carbocycles. The van der Waals surface area contributed by atoms with Gasteiger partial charge in [-0.15, -0.1) is 0 Å². The Balaban J connectivity index is 2.24. The van der Waals surface area contributed by atoms with Gasteiger partial charge in [-0.1, -0.05) is 26.0 Å². The van der Waals surface area contributed by atoms with E-state index in [9.17, 15) is 13.9 Å². The van der Waals surface area contributed by atoms with Crippen molar-refractivity contribution >= 4 is 0 Å². The van der Waals surface area contributed by atoms with Crippen LogP contribution in [0.2, 0.25) is 0 Å². The van der Waals surface area contributed by atoms with Crippen molar-refractivity contribution in [3.8, 4) is 5.75 Å². The van der Waals surface area contributed by atoms with Crippen molar-refractivity contribution in [2.75, 3.05) is 32.8 Å². The van der Waals surface area contributed by atoms with Crippen molar-refractivity contribution < 1.29 is 18.6 Å². The lowest BCUT2D eigenvalue weighted by Crippen LogP contribution is -2.49. The lowest BCUT2D eigenvalue weighted by atomic mass is 9.79. The summed E-state index contributed by atoms with van der Waals surface area (Å²) in [5.41, 5.74) is 0.671. The molecule has 1 heterocycles. The minimum Gasteiger partial charge on any atom is -0.435 e. The third-order valence-corrected chi connectivity index (χ3v) is 4.09. The number of nitrogens with one attached hydrogen (secondary N) is 1. The predicted octanol–water partition coefficient (Wildman–Crippen LogP) is 2.25. The van der Waals surface area contributed by atoms with Gasteiger partial charge in [-0.05, 0) is 17.7 Å². The van der Waals surface area contributed by atoms with Crippen LogP contribution >= 0.6 is 0 Å². The summed E-state index contributed by atoms with van der Waals surface area (Å²) in [5.74, 6) is 0.152. The summed E-state index contributed by atoms with van der Waals surface area (Å²) in [7, 11) is 0. The zero-order valence-corrected chi connectivity index (χ0v) is 13.1. The van der Waals surface area contributed by atoms with E-state index >= 15 is 0 Å². The van der Waals surface area contributed by atoms with Crippen molar-refractivity contribution in [1.29, 1.82) is 0 Å². The molecule has 124 valence electrons. The molecule has 0 unspecified atom stereocenters. The van der Waals surface area contributed by atoms with E-state index in [0.29, 0.717) is 0 Å². The normalized spacial score (nSPS) is 18.5. The Hall–Kier alpha value is -1.24. The van der Waals surface area contributed by atoms with E-state index in [1.165, 1.54) is 0 Å². The van der Waals surface area contributed by atoms with Crippen molar-refractivity contribution in [3.63, 3.8) is 0 Å². The standard InChI is InChI=1S/C16H24F2N2O2/c1-16(2,11-21)14(20-9-7-19-8-10-20)12-3-5-13(6-4-12)22-15(17)18/h3-6,14-15,19,21H,7-11H2,1-2H3/t14-/m1/s1. The zero-order chi connectivity index (χ0) is 16.2. The molecule has 0 saturated carbocycles. The molecule has 1 aliphatic heterocycles. The second-order valence-corrected chi connectivity index (χ2v) is 6.28. The number of aliphatic hydroxyl groups excluding tert-OH is 1. The van der Waals surface area contributed by atoms with Gasteiger partial charge in [0.15, 0.2) is 0 Å². The highest BCUT2D eigenvalue weighted by Gasteiger charge is 2.35. The van der Waals surface area contributed by atoms with Gasteiger partial charge in [0.1, 0.15) is 5.75 Å². The molecule has 6 heteroatoms. The molecule has 0 radical (unpaired) electrons. The van der Waals surface area contributed by atoms with Crippen LogP contribution in [0.25, 0.3) is 0 Å². The van der Waals surface area contributed by atoms with Crippen LogP contribution in [0.5, 0.6) is 5.75 Å². The third kappa shape index (κ3) is 4.15. The molecule has 1 fully saturated rings. The summed E-state index contributed by atoms with van der Waals surface area (Å²) < 4.78 is 28.9. The fourth-order valence-corrected chi connectivity index (χ4v) is 3.01. The molecule has 2 rings (SSSR count). The van der Waals surface area contributed by atoms with Gasteiger partial charge >= 0.3 is 6.61 Å². The van der Waals surface area contributed by atoms with Crippen molar-refractivity contribution in [1.82, 2.24) is 10.2 Å². The summed E-state index contributed by atoms with van der Waals surface area (Å²) in [5, 5.41) is 13.1. The number of hydrogen-bond donors (Lipinski definition) is 2. The number of piperazine rings is 1. The quantitative estimate of drug-likeness (QED) is 0.845. The first kappa shape index (κ1) is 17.1. The Bertz CT molecular complexity index is 460. The molecule has 0 bridgehead atoms. The van der Waals surface area contributed by atoms with Crippen LogP contribution in [0.3, 0.4) is 0 Å². The van der Waals surface area contributed by atoms with Crippen LogP contribution in [0.15, 0.2) is 24.3 Å². The maximum atomic E-state index is 12.2. The van der Waals surface area contributed by atoms with Crippen LogP contribution in [0, 0.1) is 5.41 Å². The first-order chi connectivity index (χ1) is 10.4. The number of benzene rings is 1. The van der Waals surface area contributed by atoms with Crippen LogP contribution in [-0.4, -0.2) is 49.4 Å². The smallest absolute Gasteiger partial charge is 0.387 e. The highest BCUT2D eigenvalue weighted by molar-refractivity contribution is 5.30. The molecule has 1 aliphatic rings. The van der Waals surface area contributed by atoms with E-state index in [4.69, 9.17) is 0 Å². The van der Waals surface area contributed by atoms with E-state index in [1.54, 1.807) is 12.1 Å². The van der Waals surface area contributed by atoms with Crippen molar-refractivity contribution in [2.45, 2.75) is 26.5 Å². The zero-order valence-electron chi connectivity index (χ0n) is 13.1. The van der Waals surface area contributed by atoms with Gasteiger partial charge in [-0.3, -0.25) is 4.90 Å². The second kappa shape index (κ2) is 7.35. The number of rotatable bonds is 6. The van der Waals surface area contributed by atoms with Gasteiger partial charge in [0.2, 0.25) is 0 Å². The summed E-state index contributed by atoms with van der Waals surface area (Å²) in [6.45, 7) is 4.87. The number of hydrogen-bond acceptors (Lipinski definition) is 4. The van der Waals surface area contributed by atoms with Crippen LogP contribution < -0.4 is 10.1 Å². The van der Waals surface area contributed by atoms with Gasteiger partial charge in [0, 0.05) is 44.2 Å². The SMILES string of the molecule is CC(C)(CO)[C@@H](c1ccc(OC(F)F)cc1)N1CCNCC1. The fourth-order valence-electron chi connectivity index (χ4n) is 3.01. The van der Waals surface area contributed by atoms with E-state index < -0.39 is 6.61 Å². The fraction of sp³-hybridized carbons (Fsp3) is 0.625. The number of ether oxygens (including phenoxy) is 1. The highest BCUT2D eigenvalue weighted by Crippen LogP contribution is 2.38. The molecule has 4 nitrogen and oxygen atoms in total. The molecule has 0 spiro atoms. The molecule has 1 atom stereocenters. The Morgan fingerprint density at radius 1 is 1.23 bits per heavy atom. The molecule has 1 saturated heterocycles. The average molecular weight is 314 g/mol. The van der Waals surface area contributed by atoms with Gasteiger partial charge in [-0.2, -0.15) is 8.78 Å². The molecular formula is C16H24F2N2O2. The predicted molar refractivity (Wildman–Crippen MR) is 81.1 cm³/mol. The molecule has 2 N–H and O–H groups in total. The lowest BCUT2D eigenvalue weighted by molar-refractivity contribution is -0.0499. The van der Waals surface area contributed by atoms with Crippen molar-refractivity contribution in [3.05, 3.63) is 29.8 Å². The third-order valence-electron chi connectivity index (χ3n) is 4.09. The first-order valence-electron chi connectivity index (χ1n) is 7.54. The Labute approximate surface area is 130 Å². The minimum atomic E-state index is -2.82. The Kier molecular flexibility index (Phi) is 5.72. The summed E-state index contributed by atoms with van der Waals surface area (Å²) in [4.78, 5) is 2.33. The largest absolute Gasteiger partial charge is 0.435 e. The summed E-state index contributed by atoms with van der Waals surface area (Å²) in [6.07, 6.45) is 0. The summed E-state index contributed by atoms with van der Waals surface area (Å²) >= 11 is 0. The monoisotopic (exact) mass is 314 g/mol. The van der Waals surface area contributed by atoms with E-state index in [2.05, 4.69) is 15.0 Å². The summed E-state index contributed by atoms with van der Waals surface area (Å²) in [6, 6.07) is 6.76. The highest BCUT2D eigenvalue weighted by atomic mass is 19.3. The maximum absolute atomic E-state index is 12.2. The molecular weight excluding hydrogens is 290 g/mol. The van der Waals surface area contributed by atoms with E-state index in [1.807, 2.05) is 26.0 Å². The molecule has 0 aromatic heterocycles. The molecule has 1 aromatic rings. The van der Waals surface area contributed by atoms with Gasteiger partial charge < -0.3 is 15.2 Å². The Morgan fingerprint density at radius 2 is 1.82 bits per heavy atom. The van der Waals surface area contributed by atoms with Gasteiger partial charge in [0.05, 0.1) is 0 Å². The Morgan fingerprint density at radius 3 is 2.32 bits per heavy atom. The average Bonchev–Trinajstić information content (AvgIpc) is 2.49. The maximum Gasteiger partial charge on any atom is 0.387 e. The minimum absolute atomic E-state index is 0.0280. The molecule has 0 amide bonds.